The number of benzene rings is 3. The van der Waals surface area contributed by atoms with Crippen molar-refractivity contribution in [2.75, 3.05) is 18.9 Å². The molecule has 29 heavy (non-hydrogen) atoms. The zero-order valence-electron chi connectivity index (χ0n) is 16.2. The van der Waals surface area contributed by atoms with E-state index in [2.05, 4.69) is 4.72 Å². The monoisotopic (exact) mass is 410 g/mol. The number of para-hydroxylation sites is 2. The summed E-state index contributed by atoms with van der Waals surface area (Å²) in [6, 6.07) is 22.0. The van der Waals surface area contributed by atoms with Crippen LogP contribution in [0.2, 0.25) is 0 Å². The van der Waals surface area contributed by atoms with Gasteiger partial charge in [0, 0.05) is 30.4 Å². The van der Waals surface area contributed by atoms with E-state index < -0.39 is 10.0 Å². The maximum Gasteiger partial charge on any atom is 0.261 e. The predicted molar refractivity (Wildman–Crippen MR) is 112 cm³/mol. The van der Waals surface area contributed by atoms with Crippen LogP contribution in [0.25, 0.3) is 0 Å². The molecule has 0 unspecified atom stereocenters. The number of carbonyl (C=O) groups excluding carboxylic acids is 1. The molecule has 1 N–H and O–H groups in total. The standard InChI is InChI=1S/C22H22N2O4S/c1-24(16-18-9-6-7-14-21(18)28-2)22(25)17-10-8-13-20(15-17)29(26,27)23-19-11-4-3-5-12-19/h3-15,23H,16H2,1-2H3. The van der Waals surface area contributed by atoms with Crippen LogP contribution in [0.5, 0.6) is 5.75 Å². The molecule has 0 spiro atoms. The Morgan fingerprint density at radius 2 is 1.66 bits per heavy atom. The highest BCUT2D eigenvalue weighted by molar-refractivity contribution is 7.92. The van der Waals surface area contributed by atoms with Gasteiger partial charge in [-0.15, -0.1) is 0 Å². The summed E-state index contributed by atoms with van der Waals surface area (Å²) < 4.78 is 33.2. The Morgan fingerprint density at radius 1 is 0.966 bits per heavy atom. The molecule has 150 valence electrons. The highest BCUT2D eigenvalue weighted by Crippen LogP contribution is 2.21. The van der Waals surface area contributed by atoms with Gasteiger partial charge in [0.1, 0.15) is 5.75 Å². The normalized spacial score (nSPS) is 11.0. The summed E-state index contributed by atoms with van der Waals surface area (Å²) in [5.41, 5.74) is 1.61. The van der Waals surface area contributed by atoms with Crippen molar-refractivity contribution in [1.82, 2.24) is 4.90 Å². The van der Waals surface area contributed by atoms with Crippen LogP contribution in [0.3, 0.4) is 0 Å². The van der Waals surface area contributed by atoms with Crippen LogP contribution in [0, 0.1) is 0 Å². The molecule has 0 saturated heterocycles. The number of rotatable bonds is 7. The lowest BCUT2D eigenvalue weighted by atomic mass is 10.1. The Morgan fingerprint density at radius 3 is 2.38 bits per heavy atom. The van der Waals surface area contributed by atoms with Crippen LogP contribution in [0.4, 0.5) is 5.69 Å². The minimum atomic E-state index is -3.81. The number of methoxy groups -OCH3 is 1. The molecule has 3 rings (SSSR count). The number of ether oxygens (including phenoxy) is 1. The molecule has 0 fully saturated rings. The Hall–Kier alpha value is -3.32. The molecule has 1 amide bonds. The largest absolute Gasteiger partial charge is 0.496 e. The van der Waals surface area contributed by atoms with Gasteiger partial charge in [0.05, 0.1) is 12.0 Å². The van der Waals surface area contributed by atoms with Gasteiger partial charge in [0.25, 0.3) is 15.9 Å². The third-order valence-electron chi connectivity index (χ3n) is 4.36. The molecule has 0 heterocycles. The molecular formula is C22H22N2O4S. The highest BCUT2D eigenvalue weighted by Gasteiger charge is 2.19. The van der Waals surface area contributed by atoms with E-state index in [1.807, 2.05) is 24.3 Å². The fraction of sp³-hybridized carbons (Fsp3) is 0.136. The van der Waals surface area contributed by atoms with E-state index in [4.69, 9.17) is 4.74 Å². The smallest absolute Gasteiger partial charge is 0.261 e. The first-order valence-electron chi connectivity index (χ1n) is 8.96. The van der Waals surface area contributed by atoms with Crippen molar-refractivity contribution in [1.29, 1.82) is 0 Å². The van der Waals surface area contributed by atoms with Crippen LogP contribution in [-0.2, 0) is 16.6 Å². The molecule has 0 aliphatic carbocycles. The summed E-state index contributed by atoms with van der Waals surface area (Å²) in [6.45, 7) is 0.335. The van der Waals surface area contributed by atoms with Crippen LogP contribution in [0.15, 0.2) is 83.8 Å². The van der Waals surface area contributed by atoms with Gasteiger partial charge in [0.2, 0.25) is 0 Å². The Balaban J connectivity index is 1.80. The van der Waals surface area contributed by atoms with E-state index in [-0.39, 0.29) is 10.8 Å². The summed E-state index contributed by atoms with van der Waals surface area (Å²) in [6.07, 6.45) is 0. The van der Waals surface area contributed by atoms with Crippen LogP contribution in [-0.4, -0.2) is 33.4 Å². The Bertz CT molecular complexity index is 1100. The molecule has 0 radical (unpaired) electrons. The molecule has 0 aromatic heterocycles. The van der Waals surface area contributed by atoms with Gasteiger partial charge in [0.15, 0.2) is 0 Å². The van der Waals surface area contributed by atoms with Gasteiger partial charge in [-0.05, 0) is 36.4 Å². The topological polar surface area (TPSA) is 75.7 Å². The minimum Gasteiger partial charge on any atom is -0.496 e. The van der Waals surface area contributed by atoms with E-state index in [0.29, 0.717) is 23.5 Å². The second-order valence-electron chi connectivity index (χ2n) is 6.47. The van der Waals surface area contributed by atoms with Crippen LogP contribution >= 0.6 is 0 Å². The van der Waals surface area contributed by atoms with E-state index in [1.165, 1.54) is 17.0 Å². The van der Waals surface area contributed by atoms with Crippen molar-refractivity contribution < 1.29 is 17.9 Å². The van der Waals surface area contributed by atoms with Crippen molar-refractivity contribution in [2.45, 2.75) is 11.4 Å². The summed E-state index contributed by atoms with van der Waals surface area (Å²) in [7, 11) is -0.562. The zero-order valence-corrected chi connectivity index (χ0v) is 17.0. The first-order chi connectivity index (χ1) is 13.9. The van der Waals surface area contributed by atoms with E-state index >= 15 is 0 Å². The van der Waals surface area contributed by atoms with Gasteiger partial charge >= 0.3 is 0 Å². The van der Waals surface area contributed by atoms with Gasteiger partial charge in [-0.25, -0.2) is 8.42 Å². The zero-order chi connectivity index (χ0) is 20.9. The number of nitrogens with one attached hydrogen (secondary N) is 1. The third-order valence-corrected chi connectivity index (χ3v) is 5.74. The maximum absolute atomic E-state index is 12.9. The molecular weight excluding hydrogens is 388 g/mol. The molecule has 0 bridgehead atoms. The quantitative estimate of drug-likeness (QED) is 0.643. The SMILES string of the molecule is COc1ccccc1CN(C)C(=O)c1cccc(S(=O)(=O)Nc2ccccc2)c1. The van der Waals surface area contributed by atoms with Gasteiger partial charge in [-0.1, -0.05) is 42.5 Å². The molecule has 0 atom stereocenters. The molecule has 3 aromatic carbocycles. The summed E-state index contributed by atoms with van der Waals surface area (Å²) >= 11 is 0. The van der Waals surface area contributed by atoms with Gasteiger partial charge < -0.3 is 9.64 Å². The number of nitrogens with zero attached hydrogens (tertiary/aromatic N) is 1. The third kappa shape index (κ3) is 4.94. The van der Waals surface area contributed by atoms with Crippen molar-refractivity contribution in [2.24, 2.45) is 0 Å². The number of amides is 1. The van der Waals surface area contributed by atoms with E-state index in [0.717, 1.165) is 5.56 Å². The summed E-state index contributed by atoms with van der Waals surface area (Å²) in [5, 5.41) is 0. The average Bonchev–Trinajstić information content (AvgIpc) is 2.74. The molecule has 6 nitrogen and oxygen atoms in total. The van der Waals surface area contributed by atoms with Crippen LogP contribution in [0.1, 0.15) is 15.9 Å². The molecule has 3 aromatic rings. The molecule has 7 heteroatoms. The lowest BCUT2D eigenvalue weighted by molar-refractivity contribution is 0.0784. The van der Waals surface area contributed by atoms with E-state index in [1.54, 1.807) is 56.6 Å². The Labute approximate surface area is 170 Å². The number of hydrogen-bond donors (Lipinski definition) is 1. The van der Waals surface area contributed by atoms with Crippen molar-refractivity contribution in [3.05, 3.63) is 90.0 Å². The second kappa shape index (κ2) is 8.79. The van der Waals surface area contributed by atoms with Gasteiger partial charge in [-0.3, -0.25) is 9.52 Å². The fourth-order valence-electron chi connectivity index (χ4n) is 2.90. The first kappa shape index (κ1) is 20.4. The average molecular weight is 410 g/mol. The number of sulfonamides is 1. The van der Waals surface area contributed by atoms with E-state index in [9.17, 15) is 13.2 Å². The maximum atomic E-state index is 12.9. The van der Waals surface area contributed by atoms with Crippen molar-refractivity contribution in [3.63, 3.8) is 0 Å². The molecule has 0 saturated carbocycles. The minimum absolute atomic E-state index is 0.0258. The van der Waals surface area contributed by atoms with Crippen molar-refractivity contribution in [3.8, 4) is 5.75 Å². The summed E-state index contributed by atoms with van der Waals surface area (Å²) in [5.74, 6) is 0.406. The van der Waals surface area contributed by atoms with Crippen LogP contribution < -0.4 is 9.46 Å². The summed E-state index contributed by atoms with van der Waals surface area (Å²) in [4.78, 5) is 14.4. The molecule has 0 aliphatic rings. The number of anilines is 1. The van der Waals surface area contributed by atoms with Crippen molar-refractivity contribution >= 4 is 21.6 Å². The highest BCUT2D eigenvalue weighted by atomic mass is 32.2. The molecule has 0 aliphatic heterocycles. The predicted octanol–water partition coefficient (Wildman–Crippen LogP) is 3.77. The Kier molecular flexibility index (Phi) is 6.19. The number of carbonyl (C=O) groups is 1. The van der Waals surface area contributed by atoms with Gasteiger partial charge in [-0.2, -0.15) is 0 Å². The lowest BCUT2D eigenvalue weighted by Gasteiger charge is -2.19. The number of hydrogen-bond acceptors (Lipinski definition) is 4. The first-order valence-corrected chi connectivity index (χ1v) is 10.4. The second-order valence-corrected chi connectivity index (χ2v) is 8.15. The fourth-order valence-corrected chi connectivity index (χ4v) is 4.00. The lowest BCUT2D eigenvalue weighted by Crippen LogP contribution is -2.26.